The Morgan fingerprint density at radius 1 is 1.00 bits per heavy atom. The lowest BCUT2D eigenvalue weighted by atomic mass is 10.2. The standard InChI is InChI=1S/C10H24N2O2/c1-3-9(7-13)11-5-6-12-10(4-2)8-14/h9-14H,3-8H2,1-2H3/t9-,10-/m1/s1/i5D2,6D2. The second-order valence-corrected chi connectivity index (χ2v) is 3.11. The van der Waals surface area contributed by atoms with Crippen molar-refractivity contribution in [3.05, 3.63) is 0 Å². The summed E-state index contributed by atoms with van der Waals surface area (Å²) in [6, 6.07) is -1.02. The van der Waals surface area contributed by atoms with Crippen LogP contribution in [0.3, 0.4) is 0 Å². The molecule has 86 valence electrons. The molecule has 0 bridgehead atoms. The van der Waals surface area contributed by atoms with E-state index in [1.807, 2.05) is 0 Å². The van der Waals surface area contributed by atoms with Gasteiger partial charge in [-0.25, -0.2) is 0 Å². The maximum Gasteiger partial charge on any atom is 0.0584 e. The van der Waals surface area contributed by atoms with Gasteiger partial charge in [-0.05, 0) is 12.8 Å². The van der Waals surface area contributed by atoms with Crippen LogP contribution >= 0.6 is 0 Å². The predicted molar refractivity (Wildman–Crippen MR) is 58.3 cm³/mol. The highest BCUT2D eigenvalue weighted by Gasteiger charge is 2.04. The zero-order chi connectivity index (χ0) is 14.4. The third kappa shape index (κ3) is 6.32. The van der Waals surface area contributed by atoms with Crippen LogP contribution in [0.4, 0.5) is 0 Å². The van der Waals surface area contributed by atoms with Crippen molar-refractivity contribution in [3.63, 3.8) is 0 Å². The zero-order valence-corrected chi connectivity index (χ0v) is 8.88. The second kappa shape index (κ2) is 9.40. The largest absolute Gasteiger partial charge is 0.395 e. The minimum atomic E-state index is -2.35. The van der Waals surface area contributed by atoms with Crippen LogP contribution in [0.5, 0.6) is 0 Å². The molecule has 4 nitrogen and oxygen atoms in total. The van der Waals surface area contributed by atoms with Crippen molar-refractivity contribution >= 4 is 0 Å². The molecule has 0 saturated carbocycles. The van der Waals surface area contributed by atoms with Gasteiger partial charge < -0.3 is 20.8 Å². The SMILES string of the molecule is [2H]C([2H])(N[C@H](CC)CO)C([2H])([2H])N[C@H](CC)CO. The van der Waals surface area contributed by atoms with Gasteiger partial charge in [0.15, 0.2) is 0 Å². The van der Waals surface area contributed by atoms with Crippen molar-refractivity contribution in [1.82, 2.24) is 10.6 Å². The van der Waals surface area contributed by atoms with Crippen molar-refractivity contribution in [2.75, 3.05) is 26.2 Å². The van der Waals surface area contributed by atoms with E-state index < -0.39 is 25.1 Å². The molecular formula is C10H24N2O2. The maximum atomic E-state index is 9.02. The fourth-order valence-corrected chi connectivity index (χ4v) is 0.830. The first-order chi connectivity index (χ1) is 8.24. The van der Waals surface area contributed by atoms with Gasteiger partial charge in [0.1, 0.15) is 0 Å². The van der Waals surface area contributed by atoms with E-state index >= 15 is 0 Å². The second-order valence-electron chi connectivity index (χ2n) is 3.11. The monoisotopic (exact) mass is 208 g/mol. The molecule has 0 radical (unpaired) electrons. The maximum absolute atomic E-state index is 9.02. The van der Waals surface area contributed by atoms with Gasteiger partial charge in [-0.1, -0.05) is 13.8 Å². The minimum absolute atomic E-state index is 0.261. The van der Waals surface area contributed by atoms with Crippen LogP contribution in [-0.2, 0) is 0 Å². The van der Waals surface area contributed by atoms with Crippen LogP contribution in [-0.4, -0.2) is 48.5 Å². The van der Waals surface area contributed by atoms with Crippen LogP contribution in [0.25, 0.3) is 0 Å². The first-order valence-corrected chi connectivity index (χ1v) is 5.01. The molecule has 0 heterocycles. The molecule has 0 unspecified atom stereocenters. The normalized spacial score (nSPS) is 21.7. The topological polar surface area (TPSA) is 64.5 Å². The highest BCUT2D eigenvalue weighted by molar-refractivity contribution is 4.67. The summed E-state index contributed by atoms with van der Waals surface area (Å²) >= 11 is 0. The molecule has 4 heteroatoms. The summed E-state index contributed by atoms with van der Waals surface area (Å²) in [6.07, 6.45) is 0.979. The third-order valence-electron chi connectivity index (χ3n) is 2.04. The van der Waals surface area contributed by atoms with E-state index in [0.29, 0.717) is 12.8 Å². The average molecular weight is 208 g/mol. The Labute approximate surface area is 92.3 Å². The lowest BCUT2D eigenvalue weighted by Gasteiger charge is -2.17. The highest BCUT2D eigenvalue weighted by Crippen LogP contribution is 1.89. The van der Waals surface area contributed by atoms with Crippen LogP contribution < -0.4 is 10.6 Å². The molecule has 4 N–H and O–H groups in total. The van der Waals surface area contributed by atoms with Crippen LogP contribution in [0.15, 0.2) is 0 Å². The van der Waals surface area contributed by atoms with E-state index in [9.17, 15) is 0 Å². The van der Waals surface area contributed by atoms with E-state index in [2.05, 4.69) is 10.6 Å². The fraction of sp³-hybridized carbons (Fsp3) is 1.00. The molecule has 0 saturated heterocycles. The molecule has 0 amide bonds. The summed E-state index contributed by atoms with van der Waals surface area (Å²) in [5, 5.41) is 22.9. The van der Waals surface area contributed by atoms with Gasteiger partial charge in [0.2, 0.25) is 0 Å². The number of aliphatic hydroxyl groups excluding tert-OH is 2. The highest BCUT2D eigenvalue weighted by atomic mass is 16.3. The van der Waals surface area contributed by atoms with Crippen LogP contribution in [0.2, 0.25) is 0 Å². The Bertz CT molecular complexity index is 210. The van der Waals surface area contributed by atoms with Crippen molar-refractivity contribution in [3.8, 4) is 0 Å². The average Bonchev–Trinajstić information content (AvgIpc) is 2.32. The molecule has 0 aromatic carbocycles. The summed E-state index contributed by atoms with van der Waals surface area (Å²) in [5.74, 6) is 0. The number of hydrogen-bond acceptors (Lipinski definition) is 4. The van der Waals surface area contributed by atoms with Gasteiger partial charge in [-0.3, -0.25) is 0 Å². The van der Waals surface area contributed by atoms with Crippen LogP contribution in [0.1, 0.15) is 32.2 Å². The first kappa shape index (κ1) is 8.05. The van der Waals surface area contributed by atoms with Crippen molar-refractivity contribution in [2.24, 2.45) is 0 Å². The van der Waals surface area contributed by atoms with Gasteiger partial charge in [0.25, 0.3) is 0 Å². The molecule has 0 fully saturated rings. The van der Waals surface area contributed by atoms with E-state index in [1.54, 1.807) is 13.8 Å². The lowest BCUT2D eigenvalue weighted by molar-refractivity contribution is 0.229. The quantitative estimate of drug-likeness (QED) is 0.420. The van der Waals surface area contributed by atoms with Gasteiger partial charge in [0.05, 0.1) is 13.2 Å². The molecule has 14 heavy (non-hydrogen) atoms. The van der Waals surface area contributed by atoms with E-state index in [4.69, 9.17) is 15.7 Å². The van der Waals surface area contributed by atoms with Gasteiger partial charge in [0, 0.05) is 30.6 Å². The van der Waals surface area contributed by atoms with Gasteiger partial charge in [-0.15, -0.1) is 0 Å². The number of aliphatic hydroxyl groups is 2. The third-order valence-corrected chi connectivity index (χ3v) is 2.04. The Kier molecular flexibility index (Phi) is 5.40. The van der Waals surface area contributed by atoms with Crippen LogP contribution in [0, 0.1) is 0 Å². The van der Waals surface area contributed by atoms with Crippen molar-refractivity contribution in [1.29, 1.82) is 0 Å². The number of nitrogens with one attached hydrogen (secondary N) is 2. The summed E-state index contributed by atoms with van der Waals surface area (Å²) in [5.41, 5.74) is 0. The molecule has 0 aliphatic heterocycles. The summed E-state index contributed by atoms with van der Waals surface area (Å²) < 4.78 is 30.9. The molecule has 0 aromatic rings. The molecular weight excluding hydrogens is 180 g/mol. The first-order valence-electron chi connectivity index (χ1n) is 7.01. The summed E-state index contributed by atoms with van der Waals surface area (Å²) in [7, 11) is 0. The zero-order valence-electron chi connectivity index (χ0n) is 12.9. The van der Waals surface area contributed by atoms with E-state index in [0.717, 1.165) is 0 Å². The molecule has 0 aromatic heterocycles. The molecule has 0 rings (SSSR count). The van der Waals surface area contributed by atoms with Gasteiger partial charge >= 0.3 is 0 Å². The van der Waals surface area contributed by atoms with Gasteiger partial charge in [-0.2, -0.15) is 0 Å². The number of rotatable bonds is 9. The lowest BCUT2D eigenvalue weighted by Crippen LogP contribution is -2.40. The summed E-state index contributed by atoms with van der Waals surface area (Å²) in [4.78, 5) is 0. The molecule has 0 aliphatic carbocycles. The smallest absolute Gasteiger partial charge is 0.0584 e. The molecule has 0 aliphatic rings. The Balaban J connectivity index is 4.72. The minimum Gasteiger partial charge on any atom is -0.395 e. The Morgan fingerprint density at radius 3 is 1.57 bits per heavy atom. The fourth-order valence-electron chi connectivity index (χ4n) is 0.830. The molecule has 2 atom stereocenters. The van der Waals surface area contributed by atoms with Crippen molar-refractivity contribution in [2.45, 2.75) is 38.8 Å². The summed E-state index contributed by atoms with van der Waals surface area (Å²) in [6.45, 7) is -1.67. The number of hydrogen-bond donors (Lipinski definition) is 4. The predicted octanol–water partition coefficient (Wildman–Crippen LogP) is -0.293. The molecule has 0 spiro atoms. The van der Waals surface area contributed by atoms with Crippen molar-refractivity contribution < 1.29 is 15.7 Å². The Hall–Kier alpha value is -0.160. The van der Waals surface area contributed by atoms with E-state index in [1.165, 1.54) is 0 Å². The Morgan fingerprint density at radius 2 is 1.36 bits per heavy atom. The van der Waals surface area contributed by atoms with E-state index in [-0.39, 0.29) is 13.2 Å².